The molecule has 4 rings (SSSR count). The lowest BCUT2D eigenvalue weighted by atomic mass is 9.95. The Kier molecular flexibility index (Phi) is 8.16. The molecule has 32 heavy (non-hydrogen) atoms. The van der Waals surface area contributed by atoms with Crippen molar-refractivity contribution in [2.75, 3.05) is 26.8 Å². The first-order valence-electron chi connectivity index (χ1n) is 10.3. The summed E-state index contributed by atoms with van der Waals surface area (Å²) in [6.45, 7) is 1.03. The third kappa shape index (κ3) is 5.09. The number of nitrogens with zero attached hydrogens (tertiary/aromatic N) is 1. The number of methoxy groups -OCH3 is 1. The van der Waals surface area contributed by atoms with Gasteiger partial charge >= 0.3 is 0 Å². The maximum atomic E-state index is 12.7. The number of hydrogen-bond donors (Lipinski definition) is 3. The van der Waals surface area contributed by atoms with E-state index in [1.54, 1.807) is 12.1 Å². The Morgan fingerprint density at radius 2 is 1.81 bits per heavy atom. The van der Waals surface area contributed by atoms with Crippen molar-refractivity contribution in [3.05, 3.63) is 59.7 Å². The summed E-state index contributed by atoms with van der Waals surface area (Å²) in [5.41, 5.74) is 2.47. The molecule has 8 nitrogen and oxygen atoms in total. The van der Waals surface area contributed by atoms with Crippen molar-refractivity contribution < 1.29 is 28.1 Å². The Morgan fingerprint density at radius 3 is 2.47 bits per heavy atom. The molecule has 2 aliphatic heterocycles. The normalized spacial score (nSPS) is 25.7. The summed E-state index contributed by atoms with van der Waals surface area (Å²) in [4.78, 5) is 2.24. The van der Waals surface area contributed by atoms with Crippen LogP contribution in [0.1, 0.15) is 11.1 Å². The monoisotopic (exact) mass is 484 g/mol. The van der Waals surface area contributed by atoms with Crippen molar-refractivity contribution in [3.8, 4) is 5.75 Å². The van der Waals surface area contributed by atoms with Gasteiger partial charge in [0.25, 0.3) is 0 Å². The highest BCUT2D eigenvalue weighted by Gasteiger charge is 2.47. The van der Waals surface area contributed by atoms with Gasteiger partial charge in [0.15, 0.2) is 0 Å². The molecule has 0 aromatic heterocycles. The average Bonchev–Trinajstić information content (AvgIpc) is 3.12. The van der Waals surface area contributed by atoms with E-state index in [0.29, 0.717) is 12.3 Å². The summed E-state index contributed by atoms with van der Waals surface area (Å²) in [5.74, 6) is 0.567. The number of aliphatic hydroxyl groups excluding tert-OH is 2. The molecule has 176 valence electrons. The number of halogens is 1. The van der Waals surface area contributed by atoms with E-state index in [-0.39, 0.29) is 30.5 Å². The number of aliphatic hydroxyl groups is 2. The molecule has 2 aromatic carbocycles. The molecule has 0 bridgehead atoms. The van der Waals surface area contributed by atoms with E-state index in [0.717, 1.165) is 13.0 Å². The van der Waals surface area contributed by atoms with E-state index in [9.17, 15) is 18.6 Å². The van der Waals surface area contributed by atoms with Crippen molar-refractivity contribution in [3.63, 3.8) is 0 Å². The molecule has 0 radical (unpaired) electrons. The number of nitrogens with one attached hydrogen (secondary N) is 1. The maximum Gasteiger partial charge on any atom is 0.240 e. The zero-order valence-electron chi connectivity index (χ0n) is 17.8. The van der Waals surface area contributed by atoms with E-state index < -0.39 is 34.4 Å². The predicted molar refractivity (Wildman–Crippen MR) is 122 cm³/mol. The van der Waals surface area contributed by atoms with Gasteiger partial charge in [-0.3, -0.25) is 4.90 Å². The van der Waals surface area contributed by atoms with Crippen molar-refractivity contribution in [1.82, 2.24) is 9.62 Å². The predicted octanol–water partition coefficient (Wildman–Crippen LogP) is 0.943. The Morgan fingerprint density at radius 1 is 1.12 bits per heavy atom. The van der Waals surface area contributed by atoms with Crippen LogP contribution < -0.4 is 9.46 Å². The number of fused-ring (bicyclic) bond motifs is 1. The van der Waals surface area contributed by atoms with Crippen LogP contribution in [0.2, 0.25) is 0 Å². The van der Waals surface area contributed by atoms with Crippen LogP contribution in [0.5, 0.6) is 5.75 Å². The molecule has 0 saturated carbocycles. The van der Waals surface area contributed by atoms with Gasteiger partial charge in [-0.15, -0.1) is 12.4 Å². The first kappa shape index (κ1) is 24.9. The van der Waals surface area contributed by atoms with Gasteiger partial charge in [-0.2, -0.15) is 0 Å². The van der Waals surface area contributed by atoms with E-state index in [1.165, 1.54) is 30.4 Å². The Labute approximate surface area is 194 Å². The summed E-state index contributed by atoms with van der Waals surface area (Å²) < 4.78 is 39.0. The van der Waals surface area contributed by atoms with Gasteiger partial charge < -0.3 is 19.7 Å². The summed E-state index contributed by atoms with van der Waals surface area (Å²) in [7, 11) is -2.25. The molecule has 1 fully saturated rings. The standard InChI is InChI=1S/C22H28N2O6S.ClH/c1-29-17-6-8-18(9-7-17)31(27,28)23-12-19-21(22(26)20(14-25)30-19)24-11-10-15-4-2-3-5-16(15)13-24;/h2-9,19-23,25-26H,10-14H2,1H3;1H/t19-,20+,21+,22-;/m1./s1. The minimum Gasteiger partial charge on any atom is -0.497 e. The van der Waals surface area contributed by atoms with Gasteiger partial charge in [0.05, 0.1) is 30.8 Å². The van der Waals surface area contributed by atoms with E-state index in [4.69, 9.17) is 9.47 Å². The fourth-order valence-electron chi connectivity index (χ4n) is 4.40. The number of benzene rings is 2. The summed E-state index contributed by atoms with van der Waals surface area (Å²) >= 11 is 0. The van der Waals surface area contributed by atoms with E-state index in [2.05, 4.69) is 21.8 Å². The van der Waals surface area contributed by atoms with Crippen LogP contribution in [0, 0.1) is 0 Å². The van der Waals surface area contributed by atoms with Crippen LogP contribution in [0.25, 0.3) is 0 Å². The van der Waals surface area contributed by atoms with Crippen LogP contribution in [-0.2, 0) is 27.7 Å². The van der Waals surface area contributed by atoms with Gasteiger partial charge in [0.2, 0.25) is 10.0 Å². The third-order valence-electron chi connectivity index (χ3n) is 6.07. The van der Waals surface area contributed by atoms with Crippen molar-refractivity contribution >= 4 is 22.4 Å². The second-order valence-corrected chi connectivity index (χ2v) is 9.66. The van der Waals surface area contributed by atoms with Crippen molar-refractivity contribution in [2.45, 2.75) is 42.2 Å². The number of sulfonamides is 1. The minimum atomic E-state index is -3.77. The smallest absolute Gasteiger partial charge is 0.240 e. The quantitative estimate of drug-likeness (QED) is 0.536. The highest BCUT2D eigenvalue weighted by molar-refractivity contribution is 7.89. The molecule has 4 atom stereocenters. The number of rotatable bonds is 7. The molecule has 2 heterocycles. The summed E-state index contributed by atoms with van der Waals surface area (Å²) in [6, 6.07) is 13.9. The molecule has 0 unspecified atom stereocenters. The van der Waals surface area contributed by atoms with E-state index in [1.807, 2.05) is 12.1 Å². The molecule has 0 spiro atoms. The molecule has 2 aliphatic rings. The Bertz CT molecular complexity index is 1000. The lowest BCUT2D eigenvalue weighted by Crippen LogP contribution is -2.52. The lowest BCUT2D eigenvalue weighted by Gasteiger charge is -2.37. The van der Waals surface area contributed by atoms with E-state index >= 15 is 0 Å². The van der Waals surface area contributed by atoms with Crippen LogP contribution in [-0.4, -0.2) is 74.7 Å². The molecule has 2 aromatic rings. The molecule has 3 N–H and O–H groups in total. The molecule has 0 aliphatic carbocycles. The molecule has 0 amide bonds. The summed E-state index contributed by atoms with van der Waals surface area (Å²) in [5, 5.41) is 20.4. The van der Waals surface area contributed by atoms with Crippen LogP contribution >= 0.6 is 12.4 Å². The Balaban J connectivity index is 0.00000289. The van der Waals surface area contributed by atoms with Gasteiger partial charge in [-0.1, -0.05) is 24.3 Å². The first-order valence-corrected chi connectivity index (χ1v) is 11.8. The second-order valence-electron chi connectivity index (χ2n) is 7.89. The molecular formula is C22H29ClN2O6S. The maximum absolute atomic E-state index is 12.7. The highest BCUT2D eigenvalue weighted by atomic mass is 35.5. The van der Waals surface area contributed by atoms with Gasteiger partial charge in [0, 0.05) is 19.6 Å². The fourth-order valence-corrected chi connectivity index (χ4v) is 5.44. The highest BCUT2D eigenvalue weighted by Crippen LogP contribution is 2.30. The van der Waals surface area contributed by atoms with Crippen LogP contribution in [0.3, 0.4) is 0 Å². The fraction of sp³-hybridized carbons (Fsp3) is 0.455. The molecule has 10 heteroatoms. The zero-order chi connectivity index (χ0) is 22.0. The van der Waals surface area contributed by atoms with Crippen LogP contribution in [0.15, 0.2) is 53.4 Å². The average molecular weight is 485 g/mol. The van der Waals surface area contributed by atoms with Crippen molar-refractivity contribution in [1.29, 1.82) is 0 Å². The Hall–Kier alpha value is -1.72. The number of ether oxygens (including phenoxy) is 2. The molecule has 1 saturated heterocycles. The van der Waals surface area contributed by atoms with Gasteiger partial charge in [-0.25, -0.2) is 13.1 Å². The topological polar surface area (TPSA) is 108 Å². The minimum absolute atomic E-state index is 0. The number of hydrogen-bond acceptors (Lipinski definition) is 7. The SMILES string of the molecule is COc1ccc(S(=O)(=O)NC[C@H]2O[C@@H](CO)[C@@H](O)[C@H]2N2CCc3ccccc3C2)cc1.Cl. The largest absolute Gasteiger partial charge is 0.497 e. The van der Waals surface area contributed by atoms with Gasteiger partial charge in [-0.05, 0) is 41.8 Å². The molecular weight excluding hydrogens is 456 g/mol. The zero-order valence-corrected chi connectivity index (χ0v) is 19.4. The first-order chi connectivity index (χ1) is 14.9. The van der Waals surface area contributed by atoms with Crippen LogP contribution in [0.4, 0.5) is 0 Å². The second kappa shape index (κ2) is 10.5. The lowest BCUT2D eigenvalue weighted by molar-refractivity contribution is -0.0201. The summed E-state index contributed by atoms with van der Waals surface area (Å²) in [6.07, 6.45) is -1.41. The third-order valence-corrected chi connectivity index (χ3v) is 7.51. The van der Waals surface area contributed by atoms with Gasteiger partial charge in [0.1, 0.15) is 18.0 Å². The van der Waals surface area contributed by atoms with Crippen molar-refractivity contribution in [2.24, 2.45) is 0 Å².